The molecule has 1 N–H and O–H groups in total. The van der Waals surface area contributed by atoms with Crippen molar-refractivity contribution in [3.05, 3.63) is 70.9 Å². The van der Waals surface area contributed by atoms with Gasteiger partial charge in [0, 0.05) is 16.9 Å². The fourth-order valence-corrected chi connectivity index (χ4v) is 3.46. The summed E-state index contributed by atoms with van der Waals surface area (Å²) in [6.45, 7) is 4.05. The summed E-state index contributed by atoms with van der Waals surface area (Å²) in [7, 11) is 1.42. The molecule has 0 spiro atoms. The third-order valence-corrected chi connectivity index (χ3v) is 5.38. The number of Topliss-reactive ketones (excluding diaryl/α,β-unsaturated/α-hetero) is 1. The topological polar surface area (TPSA) is 120 Å². The molecule has 0 atom stereocenters. The molecule has 9 heteroatoms. The normalized spacial score (nSPS) is 10.3. The number of nitriles is 1. The fourth-order valence-electron chi connectivity index (χ4n) is 3.46. The van der Waals surface area contributed by atoms with E-state index in [0.717, 1.165) is 16.9 Å². The number of carbonyl (C=O) groups excluding carboxylic acids is 3. The van der Waals surface area contributed by atoms with Gasteiger partial charge in [0.15, 0.2) is 30.5 Å². The summed E-state index contributed by atoms with van der Waals surface area (Å²) in [5.41, 5.74) is 3.09. The van der Waals surface area contributed by atoms with Crippen LogP contribution < -0.4 is 14.8 Å². The van der Waals surface area contributed by atoms with Crippen LogP contribution in [0.3, 0.4) is 0 Å². The Kier molecular flexibility index (Phi) is 7.89. The molecule has 0 saturated heterocycles. The molecule has 0 aliphatic carbocycles. The van der Waals surface area contributed by atoms with E-state index in [9.17, 15) is 19.6 Å². The van der Waals surface area contributed by atoms with Gasteiger partial charge in [0.1, 0.15) is 11.9 Å². The van der Waals surface area contributed by atoms with Gasteiger partial charge in [0.05, 0.1) is 12.7 Å². The Morgan fingerprint density at radius 1 is 1.03 bits per heavy atom. The molecule has 0 unspecified atom stereocenters. The molecule has 0 bridgehead atoms. The van der Waals surface area contributed by atoms with E-state index in [-0.39, 0.29) is 11.5 Å². The first-order valence-electron chi connectivity index (χ1n) is 10.7. The minimum absolute atomic E-state index is 0.136. The average Bonchev–Trinajstić information content (AvgIpc) is 3.10. The lowest BCUT2D eigenvalue weighted by molar-refractivity contribution is -0.149. The van der Waals surface area contributed by atoms with Crippen molar-refractivity contribution in [3.8, 4) is 23.3 Å². The van der Waals surface area contributed by atoms with Crippen molar-refractivity contribution >= 4 is 23.5 Å². The second kappa shape index (κ2) is 11.0. The molecule has 180 valence electrons. The first-order chi connectivity index (χ1) is 16.8. The summed E-state index contributed by atoms with van der Waals surface area (Å²) in [6.07, 6.45) is 0. The molecular weight excluding hydrogens is 450 g/mol. The average molecular weight is 476 g/mol. The second-order valence-corrected chi connectivity index (χ2v) is 7.64. The van der Waals surface area contributed by atoms with Crippen LogP contribution in [0.5, 0.6) is 11.5 Å². The Labute approximate surface area is 202 Å². The summed E-state index contributed by atoms with van der Waals surface area (Å²) in [5, 5.41) is 12.3. The van der Waals surface area contributed by atoms with Crippen LogP contribution in [0, 0.1) is 25.2 Å². The van der Waals surface area contributed by atoms with Gasteiger partial charge in [0.2, 0.25) is 0 Å². The number of nitrogens with one attached hydrogen (secondary N) is 1. The number of methoxy groups -OCH3 is 1. The lowest BCUT2D eigenvalue weighted by Crippen LogP contribution is -2.25. The first kappa shape index (κ1) is 25.1. The zero-order chi connectivity index (χ0) is 25.5. The molecule has 3 rings (SSSR count). The van der Waals surface area contributed by atoms with Crippen molar-refractivity contribution in [1.29, 1.82) is 5.26 Å². The largest absolute Gasteiger partial charge is 0.493 e. The summed E-state index contributed by atoms with van der Waals surface area (Å²) < 4.78 is 17.4. The highest BCUT2D eigenvalue weighted by molar-refractivity contribution is 5.95. The van der Waals surface area contributed by atoms with E-state index < -0.39 is 25.1 Å². The van der Waals surface area contributed by atoms with Crippen LogP contribution in [-0.4, -0.2) is 42.6 Å². The SMILES string of the molecule is COc1cc(C(C)=O)ccc1OCC(=O)OCC(=O)Nc1c(C#N)c(C)c(C)n1-c1ccccc1. The molecule has 2 aromatic carbocycles. The van der Waals surface area contributed by atoms with Gasteiger partial charge in [-0.05, 0) is 56.7 Å². The zero-order valence-corrected chi connectivity index (χ0v) is 19.9. The maximum atomic E-state index is 12.6. The smallest absolute Gasteiger partial charge is 0.344 e. The minimum atomic E-state index is -0.774. The number of carbonyl (C=O) groups is 3. The summed E-state index contributed by atoms with van der Waals surface area (Å²) >= 11 is 0. The van der Waals surface area contributed by atoms with Crippen molar-refractivity contribution in [1.82, 2.24) is 4.57 Å². The number of ketones is 1. The van der Waals surface area contributed by atoms with E-state index in [2.05, 4.69) is 11.4 Å². The third kappa shape index (κ3) is 5.68. The zero-order valence-electron chi connectivity index (χ0n) is 19.9. The number of nitrogens with zero attached hydrogens (tertiary/aromatic N) is 2. The van der Waals surface area contributed by atoms with Gasteiger partial charge in [-0.25, -0.2) is 4.79 Å². The van der Waals surface area contributed by atoms with E-state index in [1.54, 1.807) is 17.6 Å². The Bertz CT molecular complexity index is 1300. The Balaban J connectivity index is 1.64. The quantitative estimate of drug-likeness (QED) is 0.370. The van der Waals surface area contributed by atoms with Crippen LogP contribution in [0.2, 0.25) is 0 Å². The standard InChI is InChI=1S/C26H25N3O6/c1-16-17(2)29(20-8-6-5-7-9-20)26(21(16)13-27)28-24(31)14-35-25(32)15-34-22-11-10-19(18(3)30)12-23(22)33-4/h5-12H,14-15H2,1-4H3,(H,28,31). The Morgan fingerprint density at radius 2 is 1.74 bits per heavy atom. The molecule has 0 aliphatic heterocycles. The number of ether oxygens (including phenoxy) is 3. The van der Waals surface area contributed by atoms with Crippen molar-refractivity contribution in [2.75, 3.05) is 25.6 Å². The van der Waals surface area contributed by atoms with Crippen molar-refractivity contribution in [2.45, 2.75) is 20.8 Å². The molecule has 0 saturated carbocycles. The molecule has 1 aromatic heterocycles. The van der Waals surface area contributed by atoms with Gasteiger partial charge in [-0.15, -0.1) is 0 Å². The van der Waals surface area contributed by atoms with Crippen LogP contribution in [-0.2, 0) is 14.3 Å². The van der Waals surface area contributed by atoms with Crippen molar-refractivity contribution in [2.24, 2.45) is 0 Å². The van der Waals surface area contributed by atoms with Crippen molar-refractivity contribution in [3.63, 3.8) is 0 Å². The lowest BCUT2D eigenvalue weighted by Gasteiger charge is -2.14. The van der Waals surface area contributed by atoms with Gasteiger partial charge >= 0.3 is 5.97 Å². The number of para-hydroxylation sites is 1. The third-order valence-electron chi connectivity index (χ3n) is 5.38. The molecule has 1 amide bonds. The first-order valence-corrected chi connectivity index (χ1v) is 10.7. The molecule has 0 radical (unpaired) electrons. The molecule has 3 aromatic rings. The summed E-state index contributed by atoms with van der Waals surface area (Å²) in [5.74, 6) is -0.661. The predicted octanol–water partition coefficient (Wildman–Crippen LogP) is 3.74. The number of hydrogen-bond acceptors (Lipinski definition) is 7. The van der Waals surface area contributed by atoms with Gasteiger partial charge < -0.3 is 19.5 Å². The Hall–Kier alpha value is -4.58. The number of hydrogen-bond donors (Lipinski definition) is 1. The van der Waals surface area contributed by atoms with Gasteiger partial charge in [-0.2, -0.15) is 5.26 Å². The number of anilines is 1. The molecule has 0 aliphatic rings. The van der Waals surface area contributed by atoms with E-state index in [1.807, 2.05) is 37.3 Å². The van der Waals surface area contributed by atoms with E-state index >= 15 is 0 Å². The maximum absolute atomic E-state index is 12.6. The van der Waals surface area contributed by atoms with Crippen LogP contribution >= 0.6 is 0 Å². The summed E-state index contributed by atoms with van der Waals surface area (Å²) in [4.78, 5) is 36.2. The van der Waals surface area contributed by atoms with Crippen molar-refractivity contribution < 1.29 is 28.6 Å². The van der Waals surface area contributed by atoms with E-state index in [4.69, 9.17) is 14.2 Å². The number of benzene rings is 2. The second-order valence-electron chi connectivity index (χ2n) is 7.64. The highest BCUT2D eigenvalue weighted by Gasteiger charge is 2.21. The minimum Gasteiger partial charge on any atom is -0.493 e. The van der Waals surface area contributed by atoms with Crippen LogP contribution in [0.4, 0.5) is 5.82 Å². The highest BCUT2D eigenvalue weighted by atomic mass is 16.6. The van der Waals surface area contributed by atoms with Crippen LogP contribution in [0.15, 0.2) is 48.5 Å². The summed E-state index contributed by atoms with van der Waals surface area (Å²) in [6, 6.07) is 16.0. The van der Waals surface area contributed by atoms with Gasteiger partial charge in [-0.3, -0.25) is 14.2 Å². The predicted molar refractivity (Wildman–Crippen MR) is 128 cm³/mol. The van der Waals surface area contributed by atoms with Crippen LogP contribution in [0.1, 0.15) is 34.1 Å². The molecule has 1 heterocycles. The van der Waals surface area contributed by atoms with Gasteiger partial charge in [0.25, 0.3) is 5.91 Å². The molecule has 9 nitrogen and oxygen atoms in total. The number of amides is 1. The monoisotopic (exact) mass is 475 g/mol. The number of rotatable bonds is 9. The molecule has 35 heavy (non-hydrogen) atoms. The molecule has 0 fully saturated rings. The van der Waals surface area contributed by atoms with E-state index in [0.29, 0.717) is 22.7 Å². The Morgan fingerprint density at radius 3 is 2.37 bits per heavy atom. The highest BCUT2D eigenvalue weighted by Crippen LogP contribution is 2.30. The maximum Gasteiger partial charge on any atom is 0.344 e. The number of esters is 1. The molecular formula is C26H25N3O6. The van der Waals surface area contributed by atoms with Crippen LogP contribution in [0.25, 0.3) is 5.69 Å². The fraction of sp³-hybridized carbons (Fsp3) is 0.231. The van der Waals surface area contributed by atoms with E-state index in [1.165, 1.54) is 26.2 Å². The van der Waals surface area contributed by atoms with Gasteiger partial charge in [-0.1, -0.05) is 18.2 Å². The lowest BCUT2D eigenvalue weighted by atomic mass is 10.1. The number of aromatic nitrogens is 1.